The third-order valence-electron chi connectivity index (χ3n) is 2.77. The fourth-order valence-electron chi connectivity index (χ4n) is 1.63. The SMILES string of the molecule is Cn1ncc(NCC2(O)CCOC2)c(Br)c1=O. The van der Waals surface area contributed by atoms with Crippen LogP contribution in [-0.2, 0) is 11.8 Å². The normalized spacial score (nSPS) is 23.9. The fourth-order valence-corrected chi connectivity index (χ4v) is 2.13. The Bertz CT molecular complexity index is 468. The van der Waals surface area contributed by atoms with Gasteiger partial charge >= 0.3 is 0 Å². The van der Waals surface area contributed by atoms with Gasteiger partial charge in [-0.3, -0.25) is 4.79 Å². The van der Waals surface area contributed by atoms with E-state index in [1.54, 1.807) is 13.2 Å². The molecule has 7 heteroatoms. The highest BCUT2D eigenvalue weighted by Gasteiger charge is 2.32. The minimum Gasteiger partial charge on any atom is -0.386 e. The Morgan fingerprint density at radius 2 is 2.53 bits per heavy atom. The first-order chi connectivity index (χ1) is 8.02. The van der Waals surface area contributed by atoms with Crippen molar-refractivity contribution in [3.05, 3.63) is 21.0 Å². The van der Waals surface area contributed by atoms with Crippen LogP contribution in [0.3, 0.4) is 0 Å². The number of nitrogens with one attached hydrogen (secondary N) is 1. The quantitative estimate of drug-likeness (QED) is 0.829. The van der Waals surface area contributed by atoms with Gasteiger partial charge < -0.3 is 15.2 Å². The van der Waals surface area contributed by atoms with E-state index >= 15 is 0 Å². The maximum atomic E-state index is 11.6. The smallest absolute Gasteiger partial charge is 0.282 e. The second-order valence-electron chi connectivity index (χ2n) is 4.18. The molecule has 1 fully saturated rings. The Morgan fingerprint density at radius 1 is 1.76 bits per heavy atom. The van der Waals surface area contributed by atoms with Crippen molar-refractivity contribution in [2.75, 3.05) is 25.1 Å². The van der Waals surface area contributed by atoms with Gasteiger partial charge in [0.1, 0.15) is 10.1 Å². The molecule has 1 saturated heterocycles. The summed E-state index contributed by atoms with van der Waals surface area (Å²) in [4.78, 5) is 11.6. The van der Waals surface area contributed by atoms with E-state index in [2.05, 4.69) is 26.3 Å². The minimum atomic E-state index is -0.861. The summed E-state index contributed by atoms with van der Waals surface area (Å²) in [5, 5.41) is 17.0. The van der Waals surface area contributed by atoms with E-state index in [9.17, 15) is 9.90 Å². The van der Waals surface area contributed by atoms with E-state index in [0.29, 0.717) is 36.3 Å². The lowest BCUT2D eigenvalue weighted by Gasteiger charge is -2.21. The predicted octanol–water partition coefficient (Wildman–Crippen LogP) is 0.106. The number of aliphatic hydroxyl groups is 1. The summed E-state index contributed by atoms with van der Waals surface area (Å²) in [6.07, 6.45) is 2.14. The van der Waals surface area contributed by atoms with E-state index in [4.69, 9.17) is 4.74 Å². The van der Waals surface area contributed by atoms with Gasteiger partial charge in [-0.25, -0.2) is 4.68 Å². The Hall–Kier alpha value is -0.920. The lowest BCUT2D eigenvalue weighted by molar-refractivity contribution is 0.0382. The van der Waals surface area contributed by atoms with E-state index in [0.717, 1.165) is 0 Å². The van der Waals surface area contributed by atoms with Gasteiger partial charge in [0.25, 0.3) is 5.56 Å². The van der Waals surface area contributed by atoms with Gasteiger partial charge in [0.15, 0.2) is 0 Å². The van der Waals surface area contributed by atoms with Crippen molar-refractivity contribution >= 4 is 21.6 Å². The summed E-state index contributed by atoms with van der Waals surface area (Å²) in [5.41, 5.74) is -0.501. The van der Waals surface area contributed by atoms with Crippen molar-refractivity contribution in [3.63, 3.8) is 0 Å². The van der Waals surface area contributed by atoms with Crippen molar-refractivity contribution in [3.8, 4) is 0 Å². The van der Waals surface area contributed by atoms with Gasteiger partial charge in [-0.1, -0.05) is 0 Å². The first kappa shape index (κ1) is 12.5. The molecule has 2 heterocycles. The number of nitrogens with zero attached hydrogens (tertiary/aromatic N) is 2. The van der Waals surface area contributed by atoms with E-state index in [-0.39, 0.29) is 5.56 Å². The molecule has 2 N–H and O–H groups in total. The number of aryl methyl sites for hydroxylation is 1. The number of hydrogen-bond donors (Lipinski definition) is 2. The van der Waals surface area contributed by atoms with Crippen LogP contribution in [-0.4, -0.2) is 40.2 Å². The first-order valence-corrected chi connectivity index (χ1v) is 6.07. The molecule has 17 heavy (non-hydrogen) atoms. The highest BCUT2D eigenvalue weighted by Crippen LogP contribution is 2.21. The van der Waals surface area contributed by atoms with Crippen LogP contribution in [0.25, 0.3) is 0 Å². The number of anilines is 1. The number of rotatable bonds is 3. The summed E-state index contributed by atoms with van der Waals surface area (Å²) in [6.45, 7) is 1.21. The maximum absolute atomic E-state index is 11.6. The molecule has 0 aromatic carbocycles. The Morgan fingerprint density at radius 3 is 3.18 bits per heavy atom. The maximum Gasteiger partial charge on any atom is 0.282 e. The average Bonchev–Trinajstić information content (AvgIpc) is 2.73. The van der Waals surface area contributed by atoms with Crippen LogP contribution in [0.2, 0.25) is 0 Å². The van der Waals surface area contributed by atoms with Gasteiger partial charge in [0, 0.05) is 26.6 Å². The largest absolute Gasteiger partial charge is 0.386 e. The molecule has 0 amide bonds. The number of aromatic nitrogens is 2. The van der Waals surface area contributed by atoms with Crippen LogP contribution in [0, 0.1) is 0 Å². The van der Waals surface area contributed by atoms with Crippen LogP contribution < -0.4 is 10.9 Å². The lowest BCUT2D eigenvalue weighted by Crippen LogP contribution is -2.37. The third kappa shape index (κ3) is 2.67. The molecule has 6 nitrogen and oxygen atoms in total. The van der Waals surface area contributed by atoms with Crippen LogP contribution in [0.5, 0.6) is 0 Å². The minimum absolute atomic E-state index is 0.218. The van der Waals surface area contributed by atoms with Crippen LogP contribution in [0.4, 0.5) is 5.69 Å². The zero-order chi connectivity index (χ0) is 12.5. The molecular weight excluding hydrogens is 290 g/mol. The lowest BCUT2D eigenvalue weighted by atomic mass is 10.0. The molecule has 2 rings (SSSR count). The van der Waals surface area contributed by atoms with Crippen molar-refractivity contribution < 1.29 is 9.84 Å². The zero-order valence-electron chi connectivity index (χ0n) is 9.44. The molecular formula is C10H14BrN3O3. The molecule has 1 unspecified atom stereocenters. The van der Waals surface area contributed by atoms with Crippen molar-refractivity contribution in [1.29, 1.82) is 0 Å². The van der Waals surface area contributed by atoms with Gasteiger partial charge in [0.05, 0.1) is 18.5 Å². The summed E-state index contributed by atoms with van der Waals surface area (Å²) in [5.74, 6) is 0. The monoisotopic (exact) mass is 303 g/mol. The Labute approximate surface area is 107 Å². The highest BCUT2D eigenvalue weighted by atomic mass is 79.9. The predicted molar refractivity (Wildman–Crippen MR) is 66.1 cm³/mol. The fraction of sp³-hybridized carbons (Fsp3) is 0.600. The molecule has 94 valence electrons. The standard InChI is InChI=1S/C10H14BrN3O3/c1-14-9(15)8(11)7(4-13-14)12-5-10(16)2-3-17-6-10/h4,12,16H,2-3,5-6H2,1H3. The van der Waals surface area contributed by atoms with Crippen molar-refractivity contribution in [1.82, 2.24) is 9.78 Å². The summed E-state index contributed by atoms with van der Waals surface area (Å²) >= 11 is 3.21. The highest BCUT2D eigenvalue weighted by molar-refractivity contribution is 9.10. The van der Waals surface area contributed by atoms with Crippen LogP contribution in [0.1, 0.15) is 6.42 Å². The molecule has 1 atom stereocenters. The van der Waals surface area contributed by atoms with Gasteiger partial charge in [-0.05, 0) is 15.9 Å². The second-order valence-corrected chi connectivity index (χ2v) is 4.97. The molecule has 0 aliphatic carbocycles. The molecule has 0 spiro atoms. The number of halogens is 1. The van der Waals surface area contributed by atoms with Gasteiger partial charge in [0.2, 0.25) is 0 Å². The summed E-state index contributed by atoms with van der Waals surface area (Å²) < 4.78 is 6.79. The average molecular weight is 304 g/mol. The second kappa shape index (κ2) is 4.75. The summed E-state index contributed by atoms with van der Waals surface area (Å²) in [7, 11) is 1.58. The molecule has 0 radical (unpaired) electrons. The Balaban J connectivity index is 2.09. The molecule has 1 aromatic heterocycles. The van der Waals surface area contributed by atoms with Gasteiger partial charge in [-0.15, -0.1) is 0 Å². The van der Waals surface area contributed by atoms with E-state index in [1.165, 1.54) is 4.68 Å². The van der Waals surface area contributed by atoms with Gasteiger partial charge in [-0.2, -0.15) is 5.10 Å². The van der Waals surface area contributed by atoms with E-state index in [1.807, 2.05) is 0 Å². The molecule has 0 saturated carbocycles. The first-order valence-electron chi connectivity index (χ1n) is 5.28. The molecule has 1 aliphatic rings. The van der Waals surface area contributed by atoms with Crippen LogP contribution in [0.15, 0.2) is 15.5 Å². The third-order valence-corrected chi connectivity index (χ3v) is 3.53. The zero-order valence-corrected chi connectivity index (χ0v) is 11.0. The molecule has 1 aliphatic heterocycles. The van der Waals surface area contributed by atoms with Crippen LogP contribution >= 0.6 is 15.9 Å². The number of hydrogen-bond acceptors (Lipinski definition) is 5. The molecule has 0 bridgehead atoms. The van der Waals surface area contributed by atoms with Crippen molar-refractivity contribution in [2.24, 2.45) is 7.05 Å². The molecule has 1 aromatic rings. The Kier molecular flexibility index (Phi) is 3.50. The number of ether oxygens (including phenoxy) is 1. The topological polar surface area (TPSA) is 76.4 Å². The van der Waals surface area contributed by atoms with E-state index < -0.39 is 5.60 Å². The van der Waals surface area contributed by atoms with Crippen molar-refractivity contribution in [2.45, 2.75) is 12.0 Å². The summed E-state index contributed by atoms with van der Waals surface area (Å²) in [6, 6.07) is 0.